The molecule has 0 saturated carbocycles. The molecule has 7 nitrogen and oxygen atoms in total. The van der Waals surface area contributed by atoms with Gasteiger partial charge in [0.1, 0.15) is 5.75 Å². The van der Waals surface area contributed by atoms with E-state index in [0.717, 1.165) is 24.8 Å². The highest BCUT2D eigenvalue weighted by molar-refractivity contribution is 5.96. The molecule has 0 bridgehead atoms. The van der Waals surface area contributed by atoms with Crippen molar-refractivity contribution in [1.29, 1.82) is 0 Å². The quantitative estimate of drug-likeness (QED) is 0.566. The largest absolute Gasteiger partial charge is 0.484 e. The lowest BCUT2D eigenvalue weighted by Gasteiger charge is -2.38. The molecular weight excluding hydrogens is 432 g/mol. The first kappa shape index (κ1) is 25.3. The molecule has 2 aromatic carbocycles. The van der Waals surface area contributed by atoms with E-state index in [2.05, 4.69) is 19.2 Å². The third kappa shape index (κ3) is 6.59. The van der Waals surface area contributed by atoms with E-state index in [1.165, 1.54) is 0 Å². The smallest absolute Gasteiger partial charge is 0.338 e. The summed E-state index contributed by atoms with van der Waals surface area (Å²) in [4.78, 5) is 39.1. The summed E-state index contributed by atoms with van der Waals surface area (Å²) in [5.41, 5.74) is 2.02. The van der Waals surface area contributed by atoms with Gasteiger partial charge in [-0.15, -0.1) is 0 Å². The van der Waals surface area contributed by atoms with Crippen LogP contribution in [0.5, 0.6) is 5.75 Å². The predicted octanol–water partition coefficient (Wildman–Crippen LogP) is 4.77. The average Bonchev–Trinajstić information content (AvgIpc) is 2.81. The molecule has 1 aliphatic heterocycles. The molecule has 2 aromatic rings. The first-order valence-corrected chi connectivity index (χ1v) is 11.9. The van der Waals surface area contributed by atoms with Crippen molar-refractivity contribution < 1.29 is 23.9 Å². The maximum atomic E-state index is 12.6. The lowest BCUT2D eigenvalue weighted by atomic mass is 9.97. The zero-order valence-corrected chi connectivity index (χ0v) is 20.4. The van der Waals surface area contributed by atoms with Crippen LogP contribution in [0.4, 0.5) is 5.69 Å². The predicted molar refractivity (Wildman–Crippen MR) is 131 cm³/mol. The molecule has 2 atom stereocenters. The van der Waals surface area contributed by atoms with Crippen molar-refractivity contribution in [1.82, 2.24) is 4.90 Å². The maximum Gasteiger partial charge on any atom is 0.338 e. The second-order valence-electron chi connectivity index (χ2n) is 9.11. The summed E-state index contributed by atoms with van der Waals surface area (Å²) < 4.78 is 10.8. The number of para-hydroxylation sites is 1. The van der Waals surface area contributed by atoms with Crippen molar-refractivity contribution in [2.24, 2.45) is 0 Å². The van der Waals surface area contributed by atoms with Gasteiger partial charge in [-0.05, 0) is 74.9 Å². The number of nitrogens with zero attached hydrogens (tertiary/aromatic N) is 1. The molecule has 0 radical (unpaired) electrons. The van der Waals surface area contributed by atoms with E-state index in [1.54, 1.807) is 24.3 Å². The molecule has 7 heteroatoms. The number of carbonyl (C=O) groups is 3. The summed E-state index contributed by atoms with van der Waals surface area (Å²) in [6.45, 7) is 7.79. The fourth-order valence-corrected chi connectivity index (χ4v) is 4.33. The van der Waals surface area contributed by atoms with Crippen molar-refractivity contribution in [3.63, 3.8) is 0 Å². The second kappa shape index (κ2) is 11.7. The van der Waals surface area contributed by atoms with Crippen LogP contribution in [-0.2, 0) is 14.3 Å². The van der Waals surface area contributed by atoms with Gasteiger partial charge in [-0.2, -0.15) is 0 Å². The molecular formula is C27H34N2O5. The Kier molecular flexibility index (Phi) is 8.68. The molecule has 0 aliphatic carbocycles. The number of hydrogen-bond acceptors (Lipinski definition) is 5. The van der Waals surface area contributed by atoms with Crippen LogP contribution >= 0.6 is 0 Å². The number of rotatable bonds is 8. The van der Waals surface area contributed by atoms with Gasteiger partial charge in [-0.25, -0.2) is 4.79 Å². The molecule has 1 saturated heterocycles. The SMILES string of the molecule is CC(C)c1ccccc1NC(=O)COC(=O)c1ccc(OCC(=O)N2[C@H](C)CCC[C@H]2C)cc1. The summed E-state index contributed by atoms with van der Waals surface area (Å²) in [5.74, 6) is -0.299. The Bertz CT molecular complexity index is 992. The number of nitrogens with one attached hydrogen (secondary N) is 1. The number of ether oxygens (including phenoxy) is 2. The average molecular weight is 467 g/mol. The minimum atomic E-state index is -0.606. The van der Waals surface area contributed by atoms with Crippen LogP contribution in [0, 0.1) is 0 Å². The summed E-state index contributed by atoms with van der Waals surface area (Å²) in [6, 6.07) is 14.3. The minimum absolute atomic E-state index is 0.0340. The van der Waals surface area contributed by atoms with Crippen LogP contribution in [0.25, 0.3) is 0 Å². The molecule has 1 N–H and O–H groups in total. The lowest BCUT2D eigenvalue weighted by molar-refractivity contribution is -0.139. The van der Waals surface area contributed by atoms with Crippen LogP contribution in [-0.4, -0.2) is 48.0 Å². The van der Waals surface area contributed by atoms with Gasteiger partial charge in [0.05, 0.1) is 5.56 Å². The van der Waals surface area contributed by atoms with E-state index in [0.29, 0.717) is 17.0 Å². The van der Waals surface area contributed by atoms with Crippen molar-refractivity contribution in [2.75, 3.05) is 18.5 Å². The molecule has 182 valence electrons. The Hall–Kier alpha value is -3.35. The fourth-order valence-electron chi connectivity index (χ4n) is 4.33. The number of benzene rings is 2. The molecule has 1 fully saturated rings. The van der Waals surface area contributed by atoms with Crippen molar-refractivity contribution in [3.05, 3.63) is 59.7 Å². The first-order chi connectivity index (χ1) is 16.3. The van der Waals surface area contributed by atoms with Gasteiger partial charge >= 0.3 is 5.97 Å². The lowest BCUT2D eigenvalue weighted by Crippen LogP contribution is -2.49. The minimum Gasteiger partial charge on any atom is -0.484 e. The van der Waals surface area contributed by atoms with Crippen LogP contribution < -0.4 is 10.1 Å². The highest BCUT2D eigenvalue weighted by Gasteiger charge is 2.29. The zero-order valence-electron chi connectivity index (χ0n) is 20.4. The van der Waals surface area contributed by atoms with E-state index in [1.807, 2.05) is 43.0 Å². The molecule has 34 heavy (non-hydrogen) atoms. The number of amides is 2. The number of hydrogen-bond donors (Lipinski definition) is 1. The fraction of sp³-hybridized carbons (Fsp3) is 0.444. The van der Waals surface area contributed by atoms with Gasteiger partial charge in [0.2, 0.25) is 0 Å². The molecule has 0 aromatic heterocycles. The van der Waals surface area contributed by atoms with Crippen molar-refractivity contribution in [3.8, 4) is 5.75 Å². The monoisotopic (exact) mass is 466 g/mol. The standard InChI is InChI=1S/C27H34N2O5/c1-18(2)23-10-5-6-11-24(23)28-25(30)16-34-27(32)21-12-14-22(15-13-21)33-17-26(31)29-19(3)8-7-9-20(29)4/h5-6,10-15,18-20H,7-9,16-17H2,1-4H3,(H,28,30)/t19-,20-/m1/s1. The molecule has 1 aliphatic rings. The first-order valence-electron chi connectivity index (χ1n) is 11.9. The Labute approximate surface area is 201 Å². The number of esters is 1. The van der Waals surface area contributed by atoms with Crippen LogP contribution in [0.1, 0.15) is 68.8 Å². The number of likely N-dealkylation sites (tertiary alicyclic amines) is 1. The Morgan fingerprint density at radius 2 is 1.62 bits per heavy atom. The highest BCUT2D eigenvalue weighted by Crippen LogP contribution is 2.24. The molecule has 2 amide bonds. The summed E-state index contributed by atoms with van der Waals surface area (Å²) in [7, 11) is 0. The topological polar surface area (TPSA) is 84.9 Å². The van der Waals surface area contributed by atoms with E-state index in [4.69, 9.17) is 9.47 Å². The Morgan fingerprint density at radius 1 is 0.971 bits per heavy atom. The maximum absolute atomic E-state index is 12.6. The third-order valence-electron chi connectivity index (χ3n) is 6.13. The van der Waals surface area contributed by atoms with E-state index in [9.17, 15) is 14.4 Å². The molecule has 1 heterocycles. The van der Waals surface area contributed by atoms with Crippen molar-refractivity contribution >= 4 is 23.5 Å². The molecule has 3 rings (SSSR count). The Balaban J connectivity index is 1.47. The highest BCUT2D eigenvalue weighted by atomic mass is 16.5. The van der Waals surface area contributed by atoms with Gasteiger partial charge in [0.25, 0.3) is 11.8 Å². The van der Waals surface area contributed by atoms with E-state index < -0.39 is 11.9 Å². The van der Waals surface area contributed by atoms with E-state index in [-0.39, 0.29) is 37.1 Å². The zero-order chi connectivity index (χ0) is 24.7. The van der Waals surface area contributed by atoms with Gasteiger partial charge < -0.3 is 19.7 Å². The van der Waals surface area contributed by atoms with Crippen molar-refractivity contribution in [2.45, 2.75) is 65.0 Å². The van der Waals surface area contributed by atoms with Gasteiger partial charge in [-0.3, -0.25) is 9.59 Å². The summed E-state index contributed by atoms with van der Waals surface area (Å²) in [6.07, 6.45) is 3.15. The summed E-state index contributed by atoms with van der Waals surface area (Å²) in [5, 5.41) is 2.80. The number of carbonyl (C=O) groups excluding carboxylic acids is 3. The molecule has 0 unspecified atom stereocenters. The number of anilines is 1. The van der Waals surface area contributed by atoms with Crippen LogP contribution in [0.15, 0.2) is 48.5 Å². The molecule has 0 spiro atoms. The number of piperidine rings is 1. The third-order valence-corrected chi connectivity index (χ3v) is 6.13. The van der Waals surface area contributed by atoms with Gasteiger partial charge in [0, 0.05) is 17.8 Å². The van der Waals surface area contributed by atoms with Crippen LogP contribution in [0.2, 0.25) is 0 Å². The second-order valence-corrected chi connectivity index (χ2v) is 9.11. The normalized spacial score (nSPS) is 17.9. The van der Waals surface area contributed by atoms with Gasteiger partial charge in [0.15, 0.2) is 13.2 Å². The van der Waals surface area contributed by atoms with E-state index >= 15 is 0 Å². The Morgan fingerprint density at radius 3 is 2.26 bits per heavy atom. The van der Waals surface area contributed by atoms with Gasteiger partial charge in [-0.1, -0.05) is 32.0 Å². The summed E-state index contributed by atoms with van der Waals surface area (Å²) >= 11 is 0. The van der Waals surface area contributed by atoms with Crippen LogP contribution in [0.3, 0.4) is 0 Å².